The number of hydrogen-bond donors (Lipinski definition) is 3. The van der Waals surface area contributed by atoms with E-state index in [9.17, 15) is 14.4 Å². The molecule has 0 saturated carbocycles. The highest BCUT2D eigenvalue weighted by molar-refractivity contribution is 5.96. The van der Waals surface area contributed by atoms with Crippen molar-refractivity contribution in [2.24, 2.45) is 5.73 Å². The standard InChI is InChI=1S/C12H15N3O3/c1-8(11(13)17)15-10(16)7-14-12(18)9-5-3-2-4-6-9/h2-6,8H,7H2,1H3,(H2,13,17)(H,14,18)(H,15,16)/t8-/m1/s1. The first-order chi connectivity index (χ1) is 8.50. The van der Waals surface area contributed by atoms with E-state index in [-0.39, 0.29) is 12.5 Å². The fourth-order valence-electron chi connectivity index (χ4n) is 1.22. The Morgan fingerprint density at radius 1 is 1.22 bits per heavy atom. The quantitative estimate of drug-likeness (QED) is 0.649. The molecule has 3 amide bonds. The van der Waals surface area contributed by atoms with Gasteiger partial charge in [0, 0.05) is 5.56 Å². The molecule has 0 aliphatic rings. The summed E-state index contributed by atoms with van der Waals surface area (Å²) in [6.45, 7) is 1.27. The Kier molecular flexibility index (Phi) is 4.86. The van der Waals surface area contributed by atoms with Crippen LogP contribution in [0.1, 0.15) is 17.3 Å². The molecule has 1 rings (SSSR count). The number of benzene rings is 1. The summed E-state index contributed by atoms with van der Waals surface area (Å²) in [7, 11) is 0. The second-order valence-electron chi connectivity index (χ2n) is 3.74. The topological polar surface area (TPSA) is 101 Å². The molecule has 0 saturated heterocycles. The smallest absolute Gasteiger partial charge is 0.251 e. The summed E-state index contributed by atoms with van der Waals surface area (Å²) in [5.74, 6) is -1.44. The highest BCUT2D eigenvalue weighted by Crippen LogP contribution is 1.97. The number of carbonyl (C=O) groups is 3. The third kappa shape index (κ3) is 4.25. The Hall–Kier alpha value is -2.37. The third-order valence-electron chi connectivity index (χ3n) is 2.25. The highest BCUT2D eigenvalue weighted by Gasteiger charge is 2.13. The maximum absolute atomic E-state index is 11.6. The molecular formula is C12H15N3O3. The molecule has 0 fully saturated rings. The van der Waals surface area contributed by atoms with Gasteiger partial charge in [-0.05, 0) is 19.1 Å². The largest absolute Gasteiger partial charge is 0.368 e. The molecule has 1 atom stereocenters. The highest BCUT2D eigenvalue weighted by atomic mass is 16.2. The van der Waals surface area contributed by atoms with Gasteiger partial charge in [0.15, 0.2) is 0 Å². The molecule has 0 bridgehead atoms. The second-order valence-corrected chi connectivity index (χ2v) is 3.74. The van der Waals surface area contributed by atoms with Crippen LogP contribution in [0.5, 0.6) is 0 Å². The lowest BCUT2D eigenvalue weighted by Crippen LogP contribution is -2.46. The average Bonchev–Trinajstić information content (AvgIpc) is 2.36. The van der Waals surface area contributed by atoms with Gasteiger partial charge in [-0.3, -0.25) is 14.4 Å². The van der Waals surface area contributed by atoms with Crippen LogP contribution in [0.15, 0.2) is 30.3 Å². The van der Waals surface area contributed by atoms with E-state index in [0.29, 0.717) is 5.56 Å². The van der Waals surface area contributed by atoms with Gasteiger partial charge in [-0.15, -0.1) is 0 Å². The number of carbonyl (C=O) groups excluding carboxylic acids is 3. The maximum atomic E-state index is 11.6. The Bertz CT molecular complexity index is 445. The molecule has 0 aromatic heterocycles. The zero-order valence-electron chi connectivity index (χ0n) is 9.97. The van der Waals surface area contributed by atoms with Gasteiger partial charge in [-0.1, -0.05) is 18.2 Å². The lowest BCUT2D eigenvalue weighted by Gasteiger charge is -2.10. The predicted molar refractivity (Wildman–Crippen MR) is 65.6 cm³/mol. The summed E-state index contributed by atoms with van der Waals surface area (Å²) in [6.07, 6.45) is 0. The molecule has 0 radical (unpaired) electrons. The number of hydrogen-bond acceptors (Lipinski definition) is 3. The first kappa shape index (κ1) is 13.7. The summed E-state index contributed by atoms with van der Waals surface area (Å²) >= 11 is 0. The predicted octanol–water partition coefficient (Wildman–Crippen LogP) is -0.594. The molecular weight excluding hydrogens is 234 g/mol. The van der Waals surface area contributed by atoms with Crippen molar-refractivity contribution in [3.8, 4) is 0 Å². The Balaban J connectivity index is 2.40. The molecule has 0 unspecified atom stereocenters. The molecule has 6 nitrogen and oxygen atoms in total. The van der Waals surface area contributed by atoms with Crippen LogP contribution in [0.4, 0.5) is 0 Å². The van der Waals surface area contributed by atoms with Crippen LogP contribution in [0.25, 0.3) is 0 Å². The number of nitrogens with one attached hydrogen (secondary N) is 2. The number of rotatable bonds is 5. The van der Waals surface area contributed by atoms with Crippen LogP contribution in [-0.2, 0) is 9.59 Å². The molecule has 0 heterocycles. The van der Waals surface area contributed by atoms with Crippen LogP contribution in [0, 0.1) is 0 Å². The van der Waals surface area contributed by atoms with Crippen LogP contribution in [0.2, 0.25) is 0 Å². The van der Waals surface area contributed by atoms with Crippen molar-refractivity contribution in [2.45, 2.75) is 13.0 Å². The van der Waals surface area contributed by atoms with Crippen molar-refractivity contribution < 1.29 is 14.4 Å². The second kappa shape index (κ2) is 6.39. The lowest BCUT2D eigenvalue weighted by atomic mass is 10.2. The first-order valence-electron chi connectivity index (χ1n) is 5.42. The maximum Gasteiger partial charge on any atom is 0.251 e. The average molecular weight is 249 g/mol. The van der Waals surface area contributed by atoms with E-state index in [2.05, 4.69) is 10.6 Å². The summed E-state index contributed by atoms with van der Waals surface area (Å²) in [5.41, 5.74) is 5.46. The fourth-order valence-corrected chi connectivity index (χ4v) is 1.22. The summed E-state index contributed by atoms with van der Waals surface area (Å²) < 4.78 is 0. The van der Waals surface area contributed by atoms with Gasteiger partial charge in [0.2, 0.25) is 11.8 Å². The molecule has 96 valence electrons. The molecule has 1 aromatic rings. The SMILES string of the molecule is C[C@@H](NC(=O)CNC(=O)c1ccccc1)C(N)=O. The molecule has 6 heteroatoms. The minimum absolute atomic E-state index is 0.203. The van der Waals surface area contributed by atoms with Crippen LogP contribution < -0.4 is 16.4 Å². The minimum atomic E-state index is -0.758. The summed E-state index contributed by atoms with van der Waals surface area (Å²) in [6, 6.07) is 7.76. The Morgan fingerprint density at radius 3 is 2.39 bits per heavy atom. The first-order valence-corrected chi connectivity index (χ1v) is 5.42. The van der Waals surface area contributed by atoms with E-state index in [1.807, 2.05) is 0 Å². The lowest BCUT2D eigenvalue weighted by molar-refractivity contribution is -0.126. The van der Waals surface area contributed by atoms with Crippen LogP contribution in [0.3, 0.4) is 0 Å². The van der Waals surface area contributed by atoms with E-state index >= 15 is 0 Å². The van der Waals surface area contributed by atoms with Gasteiger partial charge in [0.25, 0.3) is 5.91 Å². The van der Waals surface area contributed by atoms with Gasteiger partial charge >= 0.3 is 0 Å². The molecule has 4 N–H and O–H groups in total. The van der Waals surface area contributed by atoms with E-state index in [4.69, 9.17) is 5.73 Å². The monoisotopic (exact) mass is 249 g/mol. The van der Waals surface area contributed by atoms with Crippen LogP contribution in [-0.4, -0.2) is 30.3 Å². The Labute approximate surface area is 105 Å². The normalized spacial score (nSPS) is 11.4. The number of nitrogens with two attached hydrogens (primary N) is 1. The van der Waals surface area contributed by atoms with Crippen molar-refractivity contribution in [2.75, 3.05) is 6.54 Å². The molecule has 1 aromatic carbocycles. The zero-order chi connectivity index (χ0) is 13.5. The fraction of sp³-hybridized carbons (Fsp3) is 0.250. The van der Waals surface area contributed by atoms with Crippen molar-refractivity contribution in [3.05, 3.63) is 35.9 Å². The van der Waals surface area contributed by atoms with Crippen molar-refractivity contribution in [1.29, 1.82) is 0 Å². The minimum Gasteiger partial charge on any atom is -0.368 e. The number of primary amides is 1. The van der Waals surface area contributed by atoms with Crippen molar-refractivity contribution >= 4 is 17.7 Å². The van der Waals surface area contributed by atoms with E-state index < -0.39 is 17.9 Å². The van der Waals surface area contributed by atoms with Crippen molar-refractivity contribution in [3.63, 3.8) is 0 Å². The van der Waals surface area contributed by atoms with E-state index in [1.54, 1.807) is 30.3 Å². The van der Waals surface area contributed by atoms with Gasteiger partial charge in [-0.2, -0.15) is 0 Å². The van der Waals surface area contributed by atoms with Crippen molar-refractivity contribution in [1.82, 2.24) is 10.6 Å². The van der Waals surface area contributed by atoms with Gasteiger partial charge in [0.05, 0.1) is 6.54 Å². The van der Waals surface area contributed by atoms with Crippen LogP contribution >= 0.6 is 0 Å². The molecule has 0 aliphatic carbocycles. The zero-order valence-corrected chi connectivity index (χ0v) is 9.97. The number of amides is 3. The van der Waals surface area contributed by atoms with Gasteiger partial charge < -0.3 is 16.4 Å². The van der Waals surface area contributed by atoms with E-state index in [1.165, 1.54) is 6.92 Å². The third-order valence-corrected chi connectivity index (χ3v) is 2.25. The summed E-state index contributed by atoms with van der Waals surface area (Å²) in [5, 5.41) is 4.80. The molecule has 0 spiro atoms. The Morgan fingerprint density at radius 2 is 1.83 bits per heavy atom. The molecule has 18 heavy (non-hydrogen) atoms. The van der Waals surface area contributed by atoms with Gasteiger partial charge in [0.1, 0.15) is 6.04 Å². The van der Waals surface area contributed by atoms with Gasteiger partial charge in [-0.25, -0.2) is 0 Å². The molecule has 0 aliphatic heterocycles. The van der Waals surface area contributed by atoms with E-state index in [0.717, 1.165) is 0 Å². The summed E-state index contributed by atoms with van der Waals surface area (Å²) in [4.78, 5) is 33.7.